The molecule has 0 bridgehead atoms. The van der Waals surface area contributed by atoms with Crippen molar-refractivity contribution in [1.29, 1.82) is 0 Å². The molecule has 3 rings (SSSR count). The molecule has 0 aromatic heterocycles. The van der Waals surface area contributed by atoms with E-state index in [4.69, 9.17) is 4.74 Å². The van der Waals surface area contributed by atoms with Crippen LogP contribution in [0.5, 0.6) is 0 Å². The van der Waals surface area contributed by atoms with Gasteiger partial charge in [0.2, 0.25) is 5.91 Å². The first-order chi connectivity index (χ1) is 11.0. The Labute approximate surface area is 137 Å². The predicted molar refractivity (Wildman–Crippen MR) is 87.9 cm³/mol. The Balaban J connectivity index is 1.58. The van der Waals surface area contributed by atoms with Crippen LogP contribution in [0.1, 0.15) is 26.7 Å². The van der Waals surface area contributed by atoms with Crippen molar-refractivity contribution in [3.8, 4) is 0 Å². The van der Waals surface area contributed by atoms with E-state index in [0.717, 1.165) is 12.8 Å². The minimum absolute atomic E-state index is 0.0544. The second-order valence-electron chi connectivity index (χ2n) is 7.06. The van der Waals surface area contributed by atoms with Gasteiger partial charge < -0.3 is 14.5 Å². The Morgan fingerprint density at radius 1 is 1.22 bits per heavy atom. The zero-order chi connectivity index (χ0) is 16.4. The smallest absolute Gasteiger partial charge is 0.226 e. The van der Waals surface area contributed by atoms with Gasteiger partial charge in [0, 0.05) is 38.7 Å². The molecule has 0 spiro atoms. The van der Waals surface area contributed by atoms with Crippen LogP contribution in [0.25, 0.3) is 0 Å². The number of piperazine rings is 1. The van der Waals surface area contributed by atoms with Crippen molar-refractivity contribution in [2.75, 3.05) is 37.7 Å². The van der Waals surface area contributed by atoms with Crippen LogP contribution in [-0.2, 0) is 9.53 Å². The molecule has 1 amide bonds. The second kappa shape index (κ2) is 6.48. The van der Waals surface area contributed by atoms with Crippen LogP contribution in [0, 0.1) is 11.7 Å². The number of nitrogens with zero attached hydrogens (tertiary/aromatic N) is 2. The molecule has 1 aromatic rings. The van der Waals surface area contributed by atoms with E-state index in [1.807, 2.05) is 29.7 Å². The van der Waals surface area contributed by atoms with Crippen LogP contribution in [0.3, 0.4) is 0 Å². The first-order valence-corrected chi connectivity index (χ1v) is 8.38. The Bertz CT molecular complexity index is 568. The van der Waals surface area contributed by atoms with Crippen molar-refractivity contribution in [3.63, 3.8) is 0 Å². The number of halogens is 1. The van der Waals surface area contributed by atoms with E-state index in [1.165, 1.54) is 6.07 Å². The molecule has 2 aliphatic heterocycles. The number of amides is 1. The lowest BCUT2D eigenvalue weighted by molar-refractivity contribution is -0.145. The average Bonchev–Trinajstić information content (AvgIpc) is 2.54. The predicted octanol–water partition coefficient (Wildman–Crippen LogP) is 2.68. The van der Waals surface area contributed by atoms with Gasteiger partial charge in [-0.3, -0.25) is 4.79 Å². The number of anilines is 1. The molecule has 0 saturated carbocycles. The van der Waals surface area contributed by atoms with E-state index in [2.05, 4.69) is 0 Å². The van der Waals surface area contributed by atoms with Crippen molar-refractivity contribution in [3.05, 3.63) is 30.1 Å². The Morgan fingerprint density at radius 2 is 1.91 bits per heavy atom. The Kier molecular flexibility index (Phi) is 4.57. The number of rotatable bonds is 2. The number of hydrogen-bond acceptors (Lipinski definition) is 3. The van der Waals surface area contributed by atoms with Crippen LogP contribution in [0.4, 0.5) is 10.1 Å². The van der Waals surface area contributed by atoms with Gasteiger partial charge in [-0.2, -0.15) is 0 Å². The molecule has 2 saturated heterocycles. The molecule has 23 heavy (non-hydrogen) atoms. The molecule has 1 atom stereocenters. The van der Waals surface area contributed by atoms with Gasteiger partial charge in [0.15, 0.2) is 0 Å². The molecule has 0 unspecified atom stereocenters. The van der Waals surface area contributed by atoms with Crippen molar-refractivity contribution < 1.29 is 13.9 Å². The number of carbonyl (C=O) groups is 1. The maximum atomic E-state index is 13.9. The molecular weight excluding hydrogens is 295 g/mol. The van der Waals surface area contributed by atoms with Gasteiger partial charge in [-0.15, -0.1) is 0 Å². The standard InChI is InChI=1S/C18H25FN2O2/c1-18(2)13-14(7-12-23-18)17(22)21-10-8-20(9-11-21)16-6-4-3-5-15(16)19/h3-6,14H,7-13H2,1-2H3/t14-/m1/s1. The summed E-state index contributed by atoms with van der Waals surface area (Å²) in [5.41, 5.74) is 0.417. The lowest BCUT2D eigenvalue weighted by Gasteiger charge is -2.40. The van der Waals surface area contributed by atoms with Gasteiger partial charge in [0.25, 0.3) is 0 Å². The molecule has 2 aliphatic rings. The highest BCUT2D eigenvalue weighted by atomic mass is 19.1. The molecule has 1 aromatic carbocycles. The molecule has 126 valence electrons. The number of hydrogen-bond donors (Lipinski definition) is 0. The van der Waals surface area contributed by atoms with E-state index in [-0.39, 0.29) is 23.2 Å². The largest absolute Gasteiger partial charge is 0.376 e. The Morgan fingerprint density at radius 3 is 2.57 bits per heavy atom. The fraction of sp³-hybridized carbons (Fsp3) is 0.611. The van der Waals surface area contributed by atoms with Gasteiger partial charge in [0.1, 0.15) is 5.82 Å². The van der Waals surface area contributed by atoms with Gasteiger partial charge in [-0.05, 0) is 38.8 Å². The van der Waals surface area contributed by atoms with E-state index < -0.39 is 0 Å². The molecule has 2 fully saturated rings. The molecule has 5 heteroatoms. The average molecular weight is 320 g/mol. The summed E-state index contributed by atoms with van der Waals surface area (Å²) < 4.78 is 19.6. The highest BCUT2D eigenvalue weighted by molar-refractivity contribution is 5.79. The summed E-state index contributed by atoms with van der Waals surface area (Å²) >= 11 is 0. The number of ether oxygens (including phenoxy) is 1. The third kappa shape index (κ3) is 3.66. The topological polar surface area (TPSA) is 32.8 Å². The maximum absolute atomic E-state index is 13.9. The van der Waals surface area contributed by atoms with Crippen molar-refractivity contribution >= 4 is 11.6 Å². The van der Waals surface area contributed by atoms with Crippen molar-refractivity contribution in [2.45, 2.75) is 32.3 Å². The third-order valence-corrected chi connectivity index (χ3v) is 4.83. The molecule has 0 aliphatic carbocycles. The van der Waals surface area contributed by atoms with Crippen molar-refractivity contribution in [1.82, 2.24) is 4.90 Å². The number of carbonyl (C=O) groups excluding carboxylic acids is 1. The Hall–Kier alpha value is -1.62. The molecular formula is C18H25FN2O2. The zero-order valence-electron chi connectivity index (χ0n) is 13.9. The quantitative estimate of drug-likeness (QED) is 0.840. The monoisotopic (exact) mass is 320 g/mol. The first kappa shape index (κ1) is 16.2. The molecule has 2 heterocycles. The minimum atomic E-state index is -0.215. The molecule has 0 N–H and O–H groups in total. The SMILES string of the molecule is CC1(C)C[C@H](C(=O)N2CCN(c3ccccc3F)CC2)CCO1. The van der Waals surface area contributed by atoms with Crippen LogP contribution < -0.4 is 4.90 Å². The summed E-state index contributed by atoms with van der Waals surface area (Å²) in [4.78, 5) is 16.7. The lowest BCUT2D eigenvalue weighted by atomic mass is 9.87. The minimum Gasteiger partial charge on any atom is -0.376 e. The lowest BCUT2D eigenvalue weighted by Crippen LogP contribution is -2.52. The van der Waals surface area contributed by atoms with E-state index >= 15 is 0 Å². The fourth-order valence-electron chi connectivity index (χ4n) is 3.58. The zero-order valence-corrected chi connectivity index (χ0v) is 13.9. The van der Waals surface area contributed by atoms with E-state index in [0.29, 0.717) is 38.5 Å². The van der Waals surface area contributed by atoms with Crippen molar-refractivity contribution in [2.24, 2.45) is 5.92 Å². The summed E-state index contributed by atoms with van der Waals surface area (Å²) in [7, 11) is 0. The molecule has 0 radical (unpaired) electrons. The summed E-state index contributed by atoms with van der Waals surface area (Å²) in [5, 5.41) is 0. The van der Waals surface area contributed by atoms with E-state index in [1.54, 1.807) is 12.1 Å². The van der Waals surface area contributed by atoms with Crippen LogP contribution in [0.2, 0.25) is 0 Å². The fourth-order valence-corrected chi connectivity index (χ4v) is 3.58. The maximum Gasteiger partial charge on any atom is 0.226 e. The second-order valence-corrected chi connectivity index (χ2v) is 7.06. The third-order valence-electron chi connectivity index (χ3n) is 4.83. The normalized spacial score (nSPS) is 24.6. The first-order valence-electron chi connectivity index (χ1n) is 8.38. The summed E-state index contributed by atoms with van der Waals surface area (Å²) in [5.74, 6) is 0.0896. The van der Waals surface area contributed by atoms with Crippen LogP contribution in [0.15, 0.2) is 24.3 Å². The number of benzene rings is 1. The summed E-state index contributed by atoms with van der Waals surface area (Å²) in [6.45, 7) is 7.41. The highest BCUT2D eigenvalue weighted by Crippen LogP contribution is 2.30. The highest BCUT2D eigenvalue weighted by Gasteiger charge is 2.35. The van der Waals surface area contributed by atoms with Crippen LogP contribution in [-0.4, -0.2) is 49.2 Å². The summed E-state index contributed by atoms with van der Waals surface area (Å²) in [6, 6.07) is 6.83. The van der Waals surface area contributed by atoms with Gasteiger partial charge in [-0.1, -0.05) is 12.1 Å². The van der Waals surface area contributed by atoms with Gasteiger partial charge in [-0.25, -0.2) is 4.39 Å². The summed E-state index contributed by atoms with van der Waals surface area (Å²) in [6.07, 6.45) is 1.58. The van der Waals surface area contributed by atoms with E-state index in [9.17, 15) is 9.18 Å². The van der Waals surface area contributed by atoms with Gasteiger partial charge in [0.05, 0.1) is 11.3 Å². The van der Waals surface area contributed by atoms with Crippen LogP contribution >= 0.6 is 0 Å². The molecule has 4 nitrogen and oxygen atoms in total. The number of para-hydroxylation sites is 1. The van der Waals surface area contributed by atoms with Gasteiger partial charge >= 0.3 is 0 Å².